The van der Waals surface area contributed by atoms with E-state index < -0.39 is 0 Å². The largest absolute Gasteiger partial charge is 0.393 e. The summed E-state index contributed by atoms with van der Waals surface area (Å²) in [6, 6.07) is 0. The predicted molar refractivity (Wildman–Crippen MR) is 91.1 cm³/mol. The molecule has 0 rings (SSSR count). The lowest BCUT2D eigenvalue weighted by atomic mass is 10.0. The Bertz CT molecular complexity index is 188. The van der Waals surface area contributed by atoms with E-state index >= 15 is 0 Å². The van der Waals surface area contributed by atoms with E-state index in [2.05, 4.69) is 13.5 Å². The lowest BCUT2D eigenvalue weighted by Crippen LogP contribution is -2.05. The second-order valence-electron chi connectivity index (χ2n) is 6.20. The van der Waals surface area contributed by atoms with Crippen LogP contribution in [0.15, 0.2) is 12.7 Å². The topological polar surface area (TPSA) is 20.2 Å². The summed E-state index contributed by atoms with van der Waals surface area (Å²) >= 11 is 0. The van der Waals surface area contributed by atoms with Crippen LogP contribution in [-0.2, 0) is 0 Å². The highest BCUT2D eigenvalue weighted by Gasteiger charge is 2.03. The fraction of sp³-hybridized carbons (Fsp3) is 0.895. The fourth-order valence-corrected chi connectivity index (χ4v) is 2.68. The summed E-state index contributed by atoms with van der Waals surface area (Å²) in [7, 11) is 0. The number of unbranched alkanes of at least 4 members (excludes halogenated alkanes) is 11. The molecule has 0 bridgehead atoms. The molecular formula is C19H38O. The van der Waals surface area contributed by atoms with Crippen LogP contribution in [0.2, 0.25) is 0 Å². The van der Waals surface area contributed by atoms with E-state index in [1.165, 1.54) is 83.5 Å². The summed E-state index contributed by atoms with van der Waals surface area (Å²) in [6.45, 7) is 5.98. The molecule has 0 aromatic heterocycles. The van der Waals surface area contributed by atoms with Gasteiger partial charge in [-0.2, -0.15) is 0 Å². The van der Waals surface area contributed by atoms with E-state index in [4.69, 9.17) is 0 Å². The average molecular weight is 283 g/mol. The second-order valence-corrected chi connectivity index (χ2v) is 6.20. The molecule has 1 unspecified atom stereocenters. The first-order valence-electron chi connectivity index (χ1n) is 9.10. The van der Waals surface area contributed by atoms with Gasteiger partial charge in [-0.15, -0.1) is 6.58 Å². The number of allylic oxidation sites excluding steroid dienone is 1. The molecule has 0 heterocycles. The van der Waals surface area contributed by atoms with Crippen LogP contribution in [0.3, 0.4) is 0 Å². The number of hydrogen-bond donors (Lipinski definition) is 1. The van der Waals surface area contributed by atoms with Crippen molar-refractivity contribution in [2.75, 3.05) is 0 Å². The second kappa shape index (κ2) is 16.8. The molecule has 0 aromatic carbocycles. The van der Waals surface area contributed by atoms with Crippen LogP contribution in [-0.4, -0.2) is 11.2 Å². The van der Waals surface area contributed by atoms with Crippen molar-refractivity contribution in [1.29, 1.82) is 0 Å². The number of rotatable bonds is 16. The first kappa shape index (κ1) is 19.7. The minimum absolute atomic E-state index is 0.0363. The zero-order valence-corrected chi connectivity index (χ0v) is 13.9. The van der Waals surface area contributed by atoms with Gasteiger partial charge in [0.2, 0.25) is 0 Å². The van der Waals surface area contributed by atoms with Crippen molar-refractivity contribution in [1.82, 2.24) is 0 Å². The Kier molecular flexibility index (Phi) is 16.5. The summed E-state index contributed by atoms with van der Waals surface area (Å²) < 4.78 is 0. The Labute approximate surface area is 127 Å². The van der Waals surface area contributed by atoms with Crippen molar-refractivity contribution < 1.29 is 5.11 Å². The minimum Gasteiger partial charge on any atom is -0.393 e. The van der Waals surface area contributed by atoms with Gasteiger partial charge >= 0.3 is 0 Å². The Morgan fingerprint density at radius 2 is 1.20 bits per heavy atom. The van der Waals surface area contributed by atoms with Gasteiger partial charge in [-0.3, -0.25) is 0 Å². The van der Waals surface area contributed by atoms with Gasteiger partial charge in [-0.05, 0) is 25.7 Å². The molecule has 0 spiro atoms. The first-order valence-corrected chi connectivity index (χ1v) is 9.10. The zero-order valence-electron chi connectivity index (χ0n) is 13.9. The monoisotopic (exact) mass is 282 g/mol. The van der Waals surface area contributed by atoms with Crippen molar-refractivity contribution in [3.63, 3.8) is 0 Å². The molecule has 0 saturated heterocycles. The van der Waals surface area contributed by atoms with Crippen molar-refractivity contribution in [3.8, 4) is 0 Å². The molecule has 1 N–H and O–H groups in total. The van der Waals surface area contributed by atoms with Gasteiger partial charge in [0.15, 0.2) is 0 Å². The average Bonchev–Trinajstić information content (AvgIpc) is 2.45. The normalized spacial score (nSPS) is 12.5. The summed E-state index contributed by atoms with van der Waals surface area (Å²) in [5, 5.41) is 9.86. The van der Waals surface area contributed by atoms with E-state index in [0.717, 1.165) is 12.8 Å². The highest BCUT2D eigenvalue weighted by atomic mass is 16.3. The summed E-state index contributed by atoms with van der Waals surface area (Å²) in [6.07, 6.45) is 21.0. The van der Waals surface area contributed by atoms with Crippen molar-refractivity contribution in [3.05, 3.63) is 12.7 Å². The molecule has 0 amide bonds. The maximum atomic E-state index is 9.86. The number of aliphatic hydroxyl groups is 1. The van der Waals surface area contributed by atoms with E-state index in [1.807, 2.05) is 6.08 Å². The van der Waals surface area contributed by atoms with Gasteiger partial charge in [0, 0.05) is 0 Å². The van der Waals surface area contributed by atoms with Crippen molar-refractivity contribution in [2.45, 2.75) is 109 Å². The summed E-state index contributed by atoms with van der Waals surface area (Å²) in [5.74, 6) is 0. The third-order valence-electron chi connectivity index (χ3n) is 4.09. The predicted octanol–water partition coefficient (Wildman–Crippen LogP) is 6.40. The Hall–Kier alpha value is -0.300. The number of hydrogen-bond acceptors (Lipinski definition) is 1. The molecule has 1 atom stereocenters. The quantitative estimate of drug-likeness (QED) is 0.256. The molecule has 0 aliphatic rings. The molecule has 0 aromatic rings. The van der Waals surface area contributed by atoms with Gasteiger partial charge in [-0.25, -0.2) is 0 Å². The van der Waals surface area contributed by atoms with Gasteiger partial charge in [0.1, 0.15) is 0 Å². The van der Waals surface area contributed by atoms with Crippen LogP contribution < -0.4 is 0 Å². The standard InChI is InChI=1S/C19H38O/c1-3-5-7-9-10-11-12-13-14-16-18-19(20)17-15-8-6-4-2/h3,19-20H,1,4-18H2,2H3. The minimum atomic E-state index is -0.0363. The Morgan fingerprint density at radius 3 is 1.70 bits per heavy atom. The van der Waals surface area contributed by atoms with Crippen LogP contribution in [0.25, 0.3) is 0 Å². The molecular weight excluding hydrogens is 244 g/mol. The highest BCUT2D eigenvalue weighted by Crippen LogP contribution is 2.14. The van der Waals surface area contributed by atoms with Crippen LogP contribution >= 0.6 is 0 Å². The van der Waals surface area contributed by atoms with E-state index in [9.17, 15) is 5.11 Å². The molecule has 0 aliphatic heterocycles. The lowest BCUT2D eigenvalue weighted by Gasteiger charge is -2.10. The van der Waals surface area contributed by atoms with Crippen LogP contribution in [0.5, 0.6) is 0 Å². The van der Waals surface area contributed by atoms with Gasteiger partial charge in [0.05, 0.1) is 6.10 Å². The third-order valence-corrected chi connectivity index (χ3v) is 4.09. The fourth-order valence-electron chi connectivity index (χ4n) is 2.68. The number of aliphatic hydroxyl groups excluding tert-OH is 1. The van der Waals surface area contributed by atoms with E-state index in [1.54, 1.807) is 0 Å². The Balaban J connectivity index is 3.09. The SMILES string of the molecule is C=CCCCCCCCCCCC(O)CCCCCC. The molecule has 0 fully saturated rings. The Morgan fingerprint density at radius 1 is 0.750 bits per heavy atom. The van der Waals surface area contributed by atoms with Gasteiger partial charge < -0.3 is 5.11 Å². The molecule has 120 valence electrons. The third kappa shape index (κ3) is 15.8. The zero-order chi connectivity index (χ0) is 14.9. The lowest BCUT2D eigenvalue weighted by molar-refractivity contribution is 0.147. The van der Waals surface area contributed by atoms with E-state index in [0.29, 0.717) is 0 Å². The molecule has 0 aliphatic carbocycles. The van der Waals surface area contributed by atoms with Crippen LogP contribution in [0.1, 0.15) is 103 Å². The first-order chi connectivity index (χ1) is 9.81. The molecule has 0 radical (unpaired) electrons. The smallest absolute Gasteiger partial charge is 0.0540 e. The highest BCUT2D eigenvalue weighted by molar-refractivity contribution is 4.65. The maximum Gasteiger partial charge on any atom is 0.0540 e. The van der Waals surface area contributed by atoms with Crippen molar-refractivity contribution >= 4 is 0 Å². The summed E-state index contributed by atoms with van der Waals surface area (Å²) in [4.78, 5) is 0. The van der Waals surface area contributed by atoms with Gasteiger partial charge in [-0.1, -0.05) is 83.6 Å². The summed E-state index contributed by atoms with van der Waals surface area (Å²) in [5.41, 5.74) is 0. The van der Waals surface area contributed by atoms with Crippen molar-refractivity contribution in [2.24, 2.45) is 0 Å². The van der Waals surface area contributed by atoms with Gasteiger partial charge in [0.25, 0.3) is 0 Å². The van der Waals surface area contributed by atoms with Crippen LogP contribution in [0, 0.1) is 0 Å². The maximum absolute atomic E-state index is 9.86. The van der Waals surface area contributed by atoms with E-state index in [-0.39, 0.29) is 6.10 Å². The molecule has 1 nitrogen and oxygen atoms in total. The molecule has 20 heavy (non-hydrogen) atoms. The molecule has 1 heteroatoms. The van der Waals surface area contributed by atoms with Crippen LogP contribution in [0.4, 0.5) is 0 Å². The molecule has 0 saturated carbocycles.